The Morgan fingerprint density at radius 1 is 0.731 bits per heavy atom. The Balaban J connectivity index is 2.18. The van der Waals surface area contributed by atoms with Gasteiger partial charge in [0.05, 0.1) is 3.79 Å². The van der Waals surface area contributed by atoms with Gasteiger partial charge in [0, 0.05) is 0 Å². The van der Waals surface area contributed by atoms with Crippen molar-refractivity contribution in [1.82, 2.24) is 0 Å². The van der Waals surface area contributed by atoms with Crippen molar-refractivity contribution >= 4 is 27.3 Å². The van der Waals surface area contributed by atoms with Gasteiger partial charge in [0.2, 0.25) is 0 Å². The Morgan fingerprint density at radius 2 is 1.23 bits per heavy atom. The van der Waals surface area contributed by atoms with Crippen LogP contribution in [0.25, 0.3) is 0 Å². The van der Waals surface area contributed by atoms with Gasteiger partial charge < -0.3 is 0 Å². The van der Waals surface area contributed by atoms with Gasteiger partial charge >= 0.3 is 0 Å². The molecule has 0 spiro atoms. The third-order valence-corrected chi connectivity index (χ3v) is 7.49. The third-order valence-electron chi connectivity index (χ3n) is 5.68. The Hall–Kier alpha value is 0.180. The predicted octanol–water partition coefficient (Wildman–Crippen LogP) is 9.95. The summed E-state index contributed by atoms with van der Waals surface area (Å²) in [6, 6.07) is 2.29. The zero-order chi connectivity index (χ0) is 18.9. The quantitative estimate of drug-likeness (QED) is 0.198. The molecule has 152 valence electrons. The monoisotopic (exact) mass is 442 g/mol. The number of halogens is 1. The van der Waals surface area contributed by atoms with Crippen LogP contribution in [0.4, 0.5) is 0 Å². The largest absolute Gasteiger partial charge is 0.137 e. The van der Waals surface area contributed by atoms with E-state index in [1.807, 2.05) is 11.3 Å². The molecule has 0 aliphatic rings. The molecule has 1 heterocycles. The fraction of sp³-hybridized carbons (Fsp3) is 0.833. The Bertz CT molecular complexity index is 412. The number of aryl methyl sites for hydroxylation is 1. The van der Waals surface area contributed by atoms with Crippen LogP contribution in [0.1, 0.15) is 122 Å². The van der Waals surface area contributed by atoms with Gasteiger partial charge in [0.15, 0.2) is 0 Å². The minimum absolute atomic E-state index is 0.994. The first-order valence-electron chi connectivity index (χ1n) is 11.5. The summed E-state index contributed by atoms with van der Waals surface area (Å²) in [5.74, 6) is 0.994. The highest BCUT2D eigenvalue weighted by Crippen LogP contribution is 2.27. The Labute approximate surface area is 176 Å². The van der Waals surface area contributed by atoms with E-state index >= 15 is 0 Å². The summed E-state index contributed by atoms with van der Waals surface area (Å²) < 4.78 is 1.34. The highest BCUT2D eigenvalue weighted by atomic mass is 79.9. The first kappa shape index (κ1) is 24.2. The van der Waals surface area contributed by atoms with E-state index in [-0.39, 0.29) is 0 Å². The van der Waals surface area contributed by atoms with Crippen LogP contribution in [0.3, 0.4) is 0 Å². The van der Waals surface area contributed by atoms with Crippen molar-refractivity contribution in [2.24, 2.45) is 5.92 Å². The molecule has 26 heavy (non-hydrogen) atoms. The Morgan fingerprint density at radius 3 is 1.73 bits per heavy atom. The van der Waals surface area contributed by atoms with Crippen LogP contribution in [0.5, 0.6) is 0 Å². The summed E-state index contributed by atoms with van der Waals surface area (Å²) in [6.07, 6.45) is 24.3. The molecule has 2 heteroatoms. The average Bonchev–Trinajstić information content (AvgIpc) is 3.05. The van der Waals surface area contributed by atoms with Gasteiger partial charge in [-0.3, -0.25) is 0 Å². The summed E-state index contributed by atoms with van der Waals surface area (Å²) in [5.41, 5.74) is 1.52. The normalized spacial score (nSPS) is 12.6. The lowest BCUT2D eigenvalue weighted by Crippen LogP contribution is -2.02. The summed E-state index contributed by atoms with van der Waals surface area (Å²) in [7, 11) is 0. The van der Waals surface area contributed by atoms with Gasteiger partial charge in [-0.15, -0.1) is 11.3 Å². The molecule has 0 fully saturated rings. The van der Waals surface area contributed by atoms with Crippen LogP contribution in [0.15, 0.2) is 15.2 Å². The molecule has 1 rings (SSSR count). The van der Waals surface area contributed by atoms with Gasteiger partial charge in [-0.1, -0.05) is 110 Å². The SMILES string of the molecule is CCCCCCCCC(CCCCCCC)CCCCc1ccsc1Br. The first-order valence-corrected chi connectivity index (χ1v) is 13.2. The smallest absolute Gasteiger partial charge is 0.0730 e. The number of hydrogen-bond acceptors (Lipinski definition) is 1. The second-order valence-electron chi connectivity index (χ2n) is 8.09. The van der Waals surface area contributed by atoms with Crippen LogP contribution in [0.2, 0.25) is 0 Å². The second kappa shape index (κ2) is 17.3. The van der Waals surface area contributed by atoms with Crippen LogP contribution in [-0.2, 0) is 6.42 Å². The number of unbranched alkanes of at least 4 members (excludes halogenated alkanes) is 10. The summed E-state index contributed by atoms with van der Waals surface area (Å²) in [4.78, 5) is 0. The molecule has 1 aromatic rings. The van der Waals surface area contributed by atoms with E-state index in [1.165, 1.54) is 119 Å². The molecule has 0 amide bonds. The third kappa shape index (κ3) is 12.5. The maximum atomic E-state index is 3.68. The van der Waals surface area contributed by atoms with Gasteiger partial charge in [0.25, 0.3) is 0 Å². The lowest BCUT2D eigenvalue weighted by molar-refractivity contribution is 0.369. The van der Waals surface area contributed by atoms with E-state index in [2.05, 4.69) is 41.2 Å². The zero-order valence-electron chi connectivity index (χ0n) is 17.5. The molecular formula is C24H43BrS. The summed E-state index contributed by atoms with van der Waals surface area (Å²) in [5, 5.41) is 2.21. The van der Waals surface area contributed by atoms with E-state index in [9.17, 15) is 0 Å². The van der Waals surface area contributed by atoms with E-state index in [0.29, 0.717) is 0 Å². The zero-order valence-corrected chi connectivity index (χ0v) is 19.9. The minimum atomic E-state index is 0.994. The van der Waals surface area contributed by atoms with Crippen molar-refractivity contribution in [3.8, 4) is 0 Å². The highest BCUT2D eigenvalue weighted by molar-refractivity contribution is 9.11. The molecule has 0 saturated heterocycles. The first-order chi connectivity index (χ1) is 12.8. The molecule has 1 unspecified atom stereocenters. The highest BCUT2D eigenvalue weighted by Gasteiger charge is 2.09. The molecule has 1 atom stereocenters. The van der Waals surface area contributed by atoms with Crippen molar-refractivity contribution in [3.05, 3.63) is 20.8 Å². The van der Waals surface area contributed by atoms with Crippen LogP contribution >= 0.6 is 27.3 Å². The van der Waals surface area contributed by atoms with Gasteiger partial charge in [-0.2, -0.15) is 0 Å². The van der Waals surface area contributed by atoms with Crippen molar-refractivity contribution in [2.45, 2.75) is 123 Å². The fourth-order valence-electron chi connectivity index (χ4n) is 3.93. The molecule has 0 N–H and O–H groups in total. The average molecular weight is 444 g/mol. The van der Waals surface area contributed by atoms with E-state index in [1.54, 1.807) is 0 Å². The number of thiophene rings is 1. The van der Waals surface area contributed by atoms with Crippen molar-refractivity contribution in [2.75, 3.05) is 0 Å². The summed E-state index contributed by atoms with van der Waals surface area (Å²) in [6.45, 7) is 4.62. The maximum absolute atomic E-state index is 3.68. The van der Waals surface area contributed by atoms with E-state index < -0.39 is 0 Å². The van der Waals surface area contributed by atoms with Crippen LogP contribution < -0.4 is 0 Å². The van der Waals surface area contributed by atoms with E-state index in [4.69, 9.17) is 0 Å². The summed E-state index contributed by atoms with van der Waals surface area (Å²) >= 11 is 5.50. The molecule has 0 aliphatic carbocycles. The van der Waals surface area contributed by atoms with Gasteiger partial charge in [0.1, 0.15) is 0 Å². The topological polar surface area (TPSA) is 0 Å². The van der Waals surface area contributed by atoms with Crippen LogP contribution in [-0.4, -0.2) is 0 Å². The second-order valence-corrected chi connectivity index (χ2v) is 10.3. The lowest BCUT2D eigenvalue weighted by Gasteiger charge is -2.17. The molecule has 0 aliphatic heterocycles. The van der Waals surface area contributed by atoms with E-state index in [0.717, 1.165) is 5.92 Å². The molecule has 0 bridgehead atoms. The molecule has 0 nitrogen and oxygen atoms in total. The molecule has 0 saturated carbocycles. The fourth-order valence-corrected chi connectivity index (χ4v) is 5.26. The number of hydrogen-bond donors (Lipinski definition) is 0. The molecule has 0 radical (unpaired) electrons. The standard InChI is InChI=1S/C24H43BrS/c1-3-5-7-9-11-13-17-22(16-12-10-8-6-4-2)18-14-15-19-23-20-21-26-24(23)25/h20-22H,3-19H2,1-2H3. The van der Waals surface area contributed by atoms with Gasteiger partial charge in [-0.05, 0) is 51.7 Å². The molecule has 1 aromatic heterocycles. The molecular weight excluding hydrogens is 400 g/mol. The Kier molecular flexibility index (Phi) is 16.1. The predicted molar refractivity (Wildman–Crippen MR) is 124 cm³/mol. The van der Waals surface area contributed by atoms with Crippen LogP contribution in [0, 0.1) is 5.92 Å². The maximum Gasteiger partial charge on any atom is 0.0730 e. The lowest BCUT2D eigenvalue weighted by atomic mass is 9.89. The van der Waals surface area contributed by atoms with Crippen molar-refractivity contribution in [1.29, 1.82) is 0 Å². The van der Waals surface area contributed by atoms with Gasteiger partial charge in [-0.25, -0.2) is 0 Å². The van der Waals surface area contributed by atoms with Crippen molar-refractivity contribution in [3.63, 3.8) is 0 Å². The number of rotatable bonds is 18. The van der Waals surface area contributed by atoms with Crippen molar-refractivity contribution < 1.29 is 0 Å². The molecule has 0 aromatic carbocycles. The minimum Gasteiger partial charge on any atom is -0.137 e.